The fourth-order valence-corrected chi connectivity index (χ4v) is 3.12. The van der Waals surface area contributed by atoms with Gasteiger partial charge in [0, 0.05) is 6.54 Å². The second-order valence-electron chi connectivity index (χ2n) is 5.94. The van der Waals surface area contributed by atoms with E-state index in [1.807, 2.05) is 0 Å². The summed E-state index contributed by atoms with van der Waals surface area (Å²) < 4.78 is 6.37. The summed E-state index contributed by atoms with van der Waals surface area (Å²) in [5.41, 5.74) is 1.32. The Morgan fingerprint density at radius 2 is 2.11 bits per heavy atom. The summed E-state index contributed by atoms with van der Waals surface area (Å²) in [5, 5.41) is 3.49. The lowest BCUT2D eigenvalue weighted by molar-refractivity contribution is -0.0887. The third kappa shape index (κ3) is 4.32. The van der Waals surface area contributed by atoms with Gasteiger partial charge in [0.2, 0.25) is 0 Å². The number of hydrogen-bond donors (Lipinski definition) is 1. The van der Waals surface area contributed by atoms with Crippen LogP contribution in [0.3, 0.4) is 0 Å². The van der Waals surface area contributed by atoms with Gasteiger partial charge in [-0.15, -0.1) is 0 Å². The molecule has 2 rings (SSSR count). The van der Waals surface area contributed by atoms with Gasteiger partial charge in [0.15, 0.2) is 0 Å². The van der Waals surface area contributed by atoms with E-state index in [2.05, 4.69) is 49.5 Å². The molecule has 19 heavy (non-hydrogen) atoms. The average molecular weight is 261 g/mol. The third-order valence-electron chi connectivity index (χ3n) is 4.13. The number of benzene rings is 1. The Labute approximate surface area is 117 Å². The lowest BCUT2D eigenvalue weighted by atomic mass is 9.78. The Morgan fingerprint density at radius 1 is 1.32 bits per heavy atom. The van der Waals surface area contributed by atoms with Crippen molar-refractivity contribution >= 4 is 0 Å². The quantitative estimate of drug-likeness (QED) is 0.842. The van der Waals surface area contributed by atoms with Crippen LogP contribution in [-0.2, 0) is 11.3 Å². The number of likely N-dealkylation sites (N-methyl/N-ethyl adjacent to an activating group) is 1. The van der Waals surface area contributed by atoms with E-state index in [-0.39, 0.29) is 5.60 Å². The van der Waals surface area contributed by atoms with Crippen molar-refractivity contribution in [2.75, 3.05) is 13.1 Å². The first kappa shape index (κ1) is 14.5. The van der Waals surface area contributed by atoms with Crippen LogP contribution in [0, 0.1) is 5.92 Å². The molecule has 0 bridgehead atoms. The molecular formula is C17H27NO. The van der Waals surface area contributed by atoms with Crippen LogP contribution in [0.4, 0.5) is 0 Å². The van der Waals surface area contributed by atoms with Crippen LogP contribution in [0.15, 0.2) is 30.3 Å². The highest BCUT2D eigenvalue weighted by Gasteiger charge is 2.35. The molecule has 0 radical (unpaired) electrons. The molecule has 0 saturated heterocycles. The molecule has 1 aliphatic carbocycles. The standard InChI is InChI=1S/C17H27NO/c1-3-18-14-17(11-7-8-15(2)12-17)19-13-16-9-5-4-6-10-16/h4-6,9-10,15,18H,3,7-8,11-14H2,1-2H3. The summed E-state index contributed by atoms with van der Waals surface area (Å²) in [4.78, 5) is 0. The molecule has 1 fully saturated rings. The molecule has 106 valence electrons. The first-order valence-electron chi connectivity index (χ1n) is 7.63. The minimum absolute atomic E-state index is 0.0452. The van der Waals surface area contributed by atoms with E-state index >= 15 is 0 Å². The topological polar surface area (TPSA) is 21.3 Å². The molecule has 0 heterocycles. The normalized spacial score (nSPS) is 27.4. The second-order valence-corrected chi connectivity index (χ2v) is 5.94. The van der Waals surface area contributed by atoms with Crippen LogP contribution in [0.25, 0.3) is 0 Å². The highest BCUT2D eigenvalue weighted by atomic mass is 16.5. The van der Waals surface area contributed by atoms with Gasteiger partial charge < -0.3 is 10.1 Å². The van der Waals surface area contributed by atoms with Gasteiger partial charge in [-0.3, -0.25) is 0 Å². The summed E-state index contributed by atoms with van der Waals surface area (Å²) in [5.74, 6) is 0.781. The molecule has 1 aromatic carbocycles. The van der Waals surface area contributed by atoms with Gasteiger partial charge in [-0.05, 0) is 30.9 Å². The van der Waals surface area contributed by atoms with Gasteiger partial charge in [0.1, 0.15) is 0 Å². The molecule has 1 N–H and O–H groups in total. The van der Waals surface area contributed by atoms with Crippen LogP contribution in [0.1, 0.15) is 45.1 Å². The predicted octanol–water partition coefficient (Wildman–Crippen LogP) is 3.76. The van der Waals surface area contributed by atoms with Gasteiger partial charge in [-0.25, -0.2) is 0 Å². The molecule has 1 aromatic rings. The Kier molecular flexibility index (Phi) is 5.41. The Bertz CT molecular complexity index is 365. The first-order chi connectivity index (χ1) is 9.24. The summed E-state index contributed by atoms with van der Waals surface area (Å²) in [6.07, 6.45) is 5.02. The number of rotatable bonds is 6. The van der Waals surface area contributed by atoms with Crippen molar-refractivity contribution in [3.05, 3.63) is 35.9 Å². The number of nitrogens with one attached hydrogen (secondary N) is 1. The van der Waals surface area contributed by atoms with Crippen molar-refractivity contribution in [1.82, 2.24) is 5.32 Å². The van der Waals surface area contributed by atoms with Crippen LogP contribution in [0.2, 0.25) is 0 Å². The van der Waals surface area contributed by atoms with Crippen molar-refractivity contribution in [1.29, 1.82) is 0 Å². The molecule has 0 spiro atoms. The zero-order valence-electron chi connectivity index (χ0n) is 12.3. The van der Waals surface area contributed by atoms with Crippen molar-refractivity contribution in [3.8, 4) is 0 Å². The molecule has 0 aliphatic heterocycles. The molecular weight excluding hydrogens is 234 g/mol. The summed E-state index contributed by atoms with van der Waals surface area (Å²) in [7, 11) is 0. The van der Waals surface area contributed by atoms with Crippen molar-refractivity contribution in [2.24, 2.45) is 5.92 Å². The largest absolute Gasteiger partial charge is 0.369 e. The third-order valence-corrected chi connectivity index (χ3v) is 4.13. The molecule has 1 saturated carbocycles. The predicted molar refractivity (Wildman–Crippen MR) is 80.1 cm³/mol. The van der Waals surface area contributed by atoms with Gasteiger partial charge in [0.05, 0.1) is 12.2 Å². The SMILES string of the molecule is CCNCC1(OCc2ccccc2)CCCC(C)C1. The molecule has 2 atom stereocenters. The lowest BCUT2D eigenvalue weighted by Gasteiger charge is -2.40. The molecule has 1 aliphatic rings. The van der Waals surface area contributed by atoms with E-state index in [9.17, 15) is 0 Å². The summed E-state index contributed by atoms with van der Waals surface area (Å²) in [6, 6.07) is 10.5. The zero-order chi connectivity index (χ0) is 13.6. The van der Waals surface area contributed by atoms with Crippen LogP contribution >= 0.6 is 0 Å². The molecule has 0 aromatic heterocycles. The Morgan fingerprint density at radius 3 is 2.79 bits per heavy atom. The maximum absolute atomic E-state index is 6.37. The van der Waals surface area contributed by atoms with E-state index < -0.39 is 0 Å². The minimum Gasteiger partial charge on any atom is -0.369 e. The van der Waals surface area contributed by atoms with Gasteiger partial charge in [0.25, 0.3) is 0 Å². The van der Waals surface area contributed by atoms with Crippen molar-refractivity contribution in [2.45, 2.75) is 51.7 Å². The Balaban J connectivity index is 1.97. The van der Waals surface area contributed by atoms with Gasteiger partial charge in [-0.2, -0.15) is 0 Å². The lowest BCUT2D eigenvalue weighted by Crippen LogP contribution is -2.46. The number of hydrogen-bond acceptors (Lipinski definition) is 2. The summed E-state index contributed by atoms with van der Waals surface area (Å²) >= 11 is 0. The average Bonchev–Trinajstić information content (AvgIpc) is 2.44. The van der Waals surface area contributed by atoms with Crippen LogP contribution in [0.5, 0.6) is 0 Å². The van der Waals surface area contributed by atoms with Gasteiger partial charge >= 0.3 is 0 Å². The fraction of sp³-hybridized carbons (Fsp3) is 0.647. The molecule has 2 heteroatoms. The highest BCUT2D eigenvalue weighted by molar-refractivity contribution is 5.13. The minimum atomic E-state index is 0.0452. The fourth-order valence-electron chi connectivity index (χ4n) is 3.12. The highest BCUT2D eigenvalue weighted by Crippen LogP contribution is 2.35. The number of ether oxygens (including phenoxy) is 1. The first-order valence-corrected chi connectivity index (χ1v) is 7.63. The van der Waals surface area contributed by atoms with Gasteiger partial charge in [-0.1, -0.05) is 57.0 Å². The maximum atomic E-state index is 6.37. The molecule has 2 unspecified atom stereocenters. The van der Waals surface area contributed by atoms with Crippen LogP contribution in [-0.4, -0.2) is 18.7 Å². The monoisotopic (exact) mass is 261 g/mol. The molecule has 2 nitrogen and oxygen atoms in total. The van der Waals surface area contributed by atoms with Crippen molar-refractivity contribution in [3.63, 3.8) is 0 Å². The van der Waals surface area contributed by atoms with E-state index in [0.717, 1.165) is 25.6 Å². The zero-order valence-corrected chi connectivity index (χ0v) is 12.3. The van der Waals surface area contributed by atoms with E-state index in [0.29, 0.717) is 0 Å². The van der Waals surface area contributed by atoms with Crippen LogP contribution < -0.4 is 5.32 Å². The summed E-state index contributed by atoms with van der Waals surface area (Å²) in [6.45, 7) is 7.26. The maximum Gasteiger partial charge on any atom is 0.0813 e. The molecule has 0 amide bonds. The van der Waals surface area contributed by atoms with E-state index in [1.54, 1.807) is 0 Å². The smallest absolute Gasteiger partial charge is 0.0813 e. The van der Waals surface area contributed by atoms with E-state index in [1.165, 1.54) is 31.2 Å². The second kappa shape index (κ2) is 7.06. The Hall–Kier alpha value is -0.860. The van der Waals surface area contributed by atoms with Crippen molar-refractivity contribution < 1.29 is 4.74 Å². The van der Waals surface area contributed by atoms with E-state index in [4.69, 9.17) is 4.74 Å².